The number of hydrogen-bond donors (Lipinski definition) is 1. The number of furan rings is 1. The Morgan fingerprint density at radius 1 is 1.07 bits per heavy atom. The Labute approximate surface area is 166 Å². The van der Waals surface area contributed by atoms with E-state index in [-0.39, 0.29) is 11.6 Å². The summed E-state index contributed by atoms with van der Waals surface area (Å²) < 4.78 is 5.66. The summed E-state index contributed by atoms with van der Waals surface area (Å²) in [6.07, 6.45) is 0. The number of para-hydroxylation sites is 1. The largest absolute Gasteiger partial charge is 0.460 e. The van der Waals surface area contributed by atoms with Gasteiger partial charge in [-0.05, 0) is 44.2 Å². The van der Waals surface area contributed by atoms with E-state index in [0.717, 1.165) is 5.76 Å². The Balaban J connectivity index is 1.77. The minimum Gasteiger partial charge on any atom is -0.460 e. The van der Waals surface area contributed by atoms with Crippen molar-refractivity contribution in [3.8, 4) is 11.5 Å². The molecule has 4 aromatic rings. The van der Waals surface area contributed by atoms with Crippen LogP contribution in [0.4, 0.5) is 11.4 Å². The van der Waals surface area contributed by atoms with Crippen molar-refractivity contribution in [3.05, 3.63) is 87.7 Å². The molecule has 0 unspecified atom stereocenters. The quantitative estimate of drug-likeness (QED) is 0.380. The molecule has 144 valence electrons. The standard InChI is InChI=1S/C22H17N3O4/c1-13-7-9-15(11-20(13)25(27)28)23-22(26)17-12-19(21-10-8-14(2)29-21)24-18-6-4-3-5-16(17)18/h3-12H,1-2H3,(H,23,26). The zero-order valence-corrected chi connectivity index (χ0v) is 15.8. The summed E-state index contributed by atoms with van der Waals surface area (Å²) >= 11 is 0. The molecule has 0 atom stereocenters. The molecule has 0 fully saturated rings. The van der Waals surface area contributed by atoms with E-state index < -0.39 is 4.92 Å². The molecule has 0 aliphatic rings. The van der Waals surface area contributed by atoms with Gasteiger partial charge in [0.2, 0.25) is 0 Å². The number of carbonyl (C=O) groups excluding carboxylic acids is 1. The van der Waals surface area contributed by atoms with Crippen molar-refractivity contribution in [2.45, 2.75) is 13.8 Å². The lowest BCUT2D eigenvalue weighted by Crippen LogP contribution is -2.13. The Hall–Kier alpha value is -4.00. The lowest BCUT2D eigenvalue weighted by molar-refractivity contribution is -0.385. The number of aromatic nitrogens is 1. The monoisotopic (exact) mass is 387 g/mol. The molecule has 0 saturated heterocycles. The summed E-state index contributed by atoms with van der Waals surface area (Å²) in [6.45, 7) is 3.49. The molecule has 2 aromatic carbocycles. The molecule has 0 bridgehead atoms. The number of aryl methyl sites for hydroxylation is 2. The number of nitro groups is 1. The molecule has 0 spiro atoms. The van der Waals surface area contributed by atoms with Crippen LogP contribution in [0.3, 0.4) is 0 Å². The van der Waals surface area contributed by atoms with E-state index in [1.54, 1.807) is 31.2 Å². The van der Waals surface area contributed by atoms with Gasteiger partial charge in [0.05, 0.1) is 16.0 Å². The maximum Gasteiger partial charge on any atom is 0.274 e. The molecular weight excluding hydrogens is 370 g/mol. The molecule has 2 aromatic heterocycles. The number of benzene rings is 2. The fourth-order valence-corrected chi connectivity index (χ4v) is 3.14. The first-order chi connectivity index (χ1) is 13.9. The summed E-state index contributed by atoms with van der Waals surface area (Å²) in [4.78, 5) is 28.4. The molecule has 0 aliphatic heterocycles. The van der Waals surface area contributed by atoms with Crippen molar-refractivity contribution in [2.75, 3.05) is 5.32 Å². The maximum atomic E-state index is 13.0. The highest BCUT2D eigenvalue weighted by Crippen LogP contribution is 2.28. The van der Waals surface area contributed by atoms with Gasteiger partial charge < -0.3 is 9.73 Å². The third kappa shape index (κ3) is 3.58. The third-order valence-corrected chi connectivity index (χ3v) is 4.62. The van der Waals surface area contributed by atoms with Gasteiger partial charge in [-0.2, -0.15) is 0 Å². The number of carbonyl (C=O) groups is 1. The minimum absolute atomic E-state index is 0.0471. The Morgan fingerprint density at radius 3 is 2.59 bits per heavy atom. The first kappa shape index (κ1) is 18.4. The van der Waals surface area contributed by atoms with Crippen LogP contribution >= 0.6 is 0 Å². The van der Waals surface area contributed by atoms with Gasteiger partial charge in [0.25, 0.3) is 11.6 Å². The maximum absolute atomic E-state index is 13.0. The highest BCUT2D eigenvalue weighted by molar-refractivity contribution is 6.13. The van der Waals surface area contributed by atoms with Crippen LogP contribution in [0, 0.1) is 24.0 Å². The molecular formula is C22H17N3O4. The highest BCUT2D eigenvalue weighted by atomic mass is 16.6. The van der Waals surface area contributed by atoms with Gasteiger partial charge in [0, 0.05) is 22.7 Å². The smallest absolute Gasteiger partial charge is 0.274 e. The van der Waals surface area contributed by atoms with Crippen LogP contribution in [-0.2, 0) is 0 Å². The van der Waals surface area contributed by atoms with Crippen LogP contribution in [0.15, 0.2) is 65.1 Å². The Bertz CT molecular complexity index is 1260. The van der Waals surface area contributed by atoms with Gasteiger partial charge >= 0.3 is 0 Å². The third-order valence-electron chi connectivity index (χ3n) is 4.62. The van der Waals surface area contributed by atoms with E-state index in [2.05, 4.69) is 10.3 Å². The van der Waals surface area contributed by atoms with Gasteiger partial charge in [-0.3, -0.25) is 14.9 Å². The fraction of sp³-hybridized carbons (Fsp3) is 0.0909. The molecule has 2 heterocycles. The van der Waals surface area contributed by atoms with Crippen molar-refractivity contribution in [3.63, 3.8) is 0 Å². The topological polar surface area (TPSA) is 98.3 Å². The number of amides is 1. The van der Waals surface area contributed by atoms with Crippen LogP contribution in [0.1, 0.15) is 21.7 Å². The summed E-state index contributed by atoms with van der Waals surface area (Å²) in [5.74, 6) is 0.924. The van der Waals surface area contributed by atoms with Crippen molar-refractivity contribution in [2.24, 2.45) is 0 Å². The van der Waals surface area contributed by atoms with Crippen molar-refractivity contribution < 1.29 is 14.1 Å². The number of nitro benzene ring substituents is 1. The van der Waals surface area contributed by atoms with E-state index >= 15 is 0 Å². The fourth-order valence-electron chi connectivity index (χ4n) is 3.14. The molecule has 7 heteroatoms. The number of fused-ring (bicyclic) bond motifs is 1. The number of pyridine rings is 1. The molecule has 0 saturated carbocycles. The van der Waals surface area contributed by atoms with E-state index in [4.69, 9.17) is 4.42 Å². The molecule has 7 nitrogen and oxygen atoms in total. The summed E-state index contributed by atoms with van der Waals surface area (Å²) in [5, 5.41) is 14.6. The average molecular weight is 387 g/mol. The predicted octanol–water partition coefficient (Wildman–Crippen LogP) is 5.27. The van der Waals surface area contributed by atoms with Crippen LogP contribution < -0.4 is 5.32 Å². The first-order valence-corrected chi connectivity index (χ1v) is 8.95. The van der Waals surface area contributed by atoms with Crippen LogP contribution in [0.2, 0.25) is 0 Å². The summed E-state index contributed by atoms with van der Waals surface area (Å²) in [7, 11) is 0. The van der Waals surface area contributed by atoms with Gasteiger partial charge in [0.1, 0.15) is 11.5 Å². The first-order valence-electron chi connectivity index (χ1n) is 8.95. The summed E-state index contributed by atoms with van der Waals surface area (Å²) in [6, 6.07) is 17.2. The van der Waals surface area contributed by atoms with Crippen LogP contribution in [0.25, 0.3) is 22.4 Å². The molecule has 0 aliphatic carbocycles. The lowest BCUT2D eigenvalue weighted by atomic mass is 10.1. The van der Waals surface area contributed by atoms with Crippen molar-refractivity contribution in [1.82, 2.24) is 4.98 Å². The number of nitrogens with one attached hydrogen (secondary N) is 1. The van der Waals surface area contributed by atoms with E-state index in [1.165, 1.54) is 6.07 Å². The van der Waals surface area contributed by atoms with E-state index in [9.17, 15) is 14.9 Å². The molecule has 1 N–H and O–H groups in total. The van der Waals surface area contributed by atoms with Gasteiger partial charge in [-0.15, -0.1) is 0 Å². The number of rotatable bonds is 4. The average Bonchev–Trinajstić information content (AvgIpc) is 3.14. The van der Waals surface area contributed by atoms with Gasteiger partial charge in [-0.25, -0.2) is 4.98 Å². The highest BCUT2D eigenvalue weighted by Gasteiger charge is 2.17. The second-order valence-corrected chi connectivity index (χ2v) is 6.70. The molecule has 1 amide bonds. The second-order valence-electron chi connectivity index (χ2n) is 6.70. The molecule has 0 radical (unpaired) electrons. The number of nitrogens with zero attached hydrogens (tertiary/aromatic N) is 2. The SMILES string of the molecule is Cc1ccc(-c2cc(C(=O)Nc3ccc(C)c([N+](=O)[O-])c3)c3ccccc3n2)o1. The Kier molecular flexibility index (Phi) is 4.56. The summed E-state index contributed by atoms with van der Waals surface area (Å²) in [5.41, 5.74) is 2.43. The minimum atomic E-state index is -0.468. The number of hydrogen-bond acceptors (Lipinski definition) is 5. The zero-order valence-electron chi connectivity index (χ0n) is 15.8. The van der Waals surface area contributed by atoms with Crippen molar-refractivity contribution >= 4 is 28.2 Å². The van der Waals surface area contributed by atoms with E-state index in [1.807, 2.05) is 37.3 Å². The molecule has 29 heavy (non-hydrogen) atoms. The van der Waals surface area contributed by atoms with Gasteiger partial charge in [0.15, 0.2) is 5.76 Å². The lowest BCUT2D eigenvalue weighted by Gasteiger charge is -2.10. The van der Waals surface area contributed by atoms with Crippen molar-refractivity contribution in [1.29, 1.82) is 0 Å². The van der Waals surface area contributed by atoms with E-state index in [0.29, 0.717) is 39.2 Å². The van der Waals surface area contributed by atoms with Crippen LogP contribution in [-0.4, -0.2) is 15.8 Å². The zero-order chi connectivity index (χ0) is 20.5. The predicted molar refractivity (Wildman–Crippen MR) is 110 cm³/mol. The van der Waals surface area contributed by atoms with Crippen LogP contribution in [0.5, 0.6) is 0 Å². The second kappa shape index (κ2) is 7.20. The molecule has 4 rings (SSSR count). The number of anilines is 1. The Morgan fingerprint density at radius 2 is 1.86 bits per heavy atom. The normalized spacial score (nSPS) is 10.8. The van der Waals surface area contributed by atoms with Gasteiger partial charge in [-0.1, -0.05) is 24.3 Å².